The zero-order valence-corrected chi connectivity index (χ0v) is 10.8. The minimum Gasteiger partial charge on any atom is -0.506 e. The van der Waals surface area contributed by atoms with Crippen LogP contribution in [0.5, 0.6) is 5.75 Å². The number of hydrogen-bond acceptors (Lipinski definition) is 3. The summed E-state index contributed by atoms with van der Waals surface area (Å²) in [6.45, 7) is 8.17. The molecule has 4 heteroatoms. The second-order valence-corrected chi connectivity index (χ2v) is 4.63. The fourth-order valence-electron chi connectivity index (χ4n) is 1.55. The number of phenols is 1. The van der Waals surface area contributed by atoms with Crippen LogP contribution < -0.4 is 10.6 Å². The van der Waals surface area contributed by atoms with Crippen LogP contribution in [0.15, 0.2) is 18.2 Å². The summed E-state index contributed by atoms with van der Waals surface area (Å²) in [6.07, 6.45) is 0. The first-order chi connectivity index (χ1) is 7.86. The Morgan fingerprint density at radius 3 is 2.65 bits per heavy atom. The van der Waals surface area contributed by atoms with Crippen molar-refractivity contribution >= 4 is 11.6 Å². The zero-order chi connectivity index (χ0) is 13.1. The number of amides is 1. The van der Waals surface area contributed by atoms with E-state index in [9.17, 15) is 9.90 Å². The monoisotopic (exact) mass is 236 g/mol. The molecule has 0 fully saturated rings. The van der Waals surface area contributed by atoms with Crippen molar-refractivity contribution < 1.29 is 9.90 Å². The minimum atomic E-state index is -0.662. The van der Waals surface area contributed by atoms with Crippen LogP contribution in [-0.4, -0.2) is 23.1 Å². The molecular formula is C13H20N2O2. The summed E-state index contributed by atoms with van der Waals surface area (Å²) in [7, 11) is 0. The molecule has 0 heterocycles. The van der Waals surface area contributed by atoms with Crippen molar-refractivity contribution in [1.29, 1.82) is 0 Å². The second-order valence-electron chi connectivity index (χ2n) is 4.63. The molecule has 0 atom stereocenters. The molecule has 0 saturated carbocycles. The van der Waals surface area contributed by atoms with Crippen molar-refractivity contribution in [1.82, 2.24) is 5.32 Å². The highest BCUT2D eigenvalue weighted by atomic mass is 16.3. The van der Waals surface area contributed by atoms with Crippen molar-refractivity contribution in [2.45, 2.75) is 33.2 Å². The molecular weight excluding hydrogens is 216 g/mol. The molecule has 3 N–H and O–H groups in total. The first kappa shape index (κ1) is 13.5. The molecule has 0 aliphatic rings. The Balaban J connectivity index is 2.84. The van der Waals surface area contributed by atoms with E-state index >= 15 is 0 Å². The van der Waals surface area contributed by atoms with Crippen LogP contribution in [0, 0.1) is 6.92 Å². The molecule has 94 valence electrons. The molecule has 4 nitrogen and oxygen atoms in total. The third-order valence-electron chi connectivity index (χ3n) is 2.59. The summed E-state index contributed by atoms with van der Waals surface area (Å²) >= 11 is 0. The van der Waals surface area contributed by atoms with E-state index in [0.29, 0.717) is 12.2 Å². The standard InChI is InChI=1S/C13H20N2O2/c1-5-14-13(3,4)12(17)15-10-8-9(2)6-7-11(10)16/h6-8,14,16H,5H2,1-4H3,(H,15,17). The Bertz CT molecular complexity index is 414. The first-order valence-electron chi connectivity index (χ1n) is 5.73. The van der Waals surface area contributed by atoms with Crippen LogP contribution in [0.4, 0.5) is 5.69 Å². The number of rotatable bonds is 4. The molecule has 0 radical (unpaired) electrons. The van der Waals surface area contributed by atoms with E-state index in [1.54, 1.807) is 32.0 Å². The van der Waals surface area contributed by atoms with E-state index in [1.165, 1.54) is 0 Å². The first-order valence-corrected chi connectivity index (χ1v) is 5.73. The maximum absolute atomic E-state index is 12.0. The van der Waals surface area contributed by atoms with Crippen LogP contribution in [0.2, 0.25) is 0 Å². The van der Waals surface area contributed by atoms with Gasteiger partial charge in [0.2, 0.25) is 5.91 Å². The third-order valence-corrected chi connectivity index (χ3v) is 2.59. The minimum absolute atomic E-state index is 0.0799. The number of nitrogens with one attached hydrogen (secondary N) is 2. The maximum atomic E-state index is 12.0. The van der Waals surface area contributed by atoms with Crippen LogP contribution >= 0.6 is 0 Å². The van der Waals surface area contributed by atoms with Gasteiger partial charge in [-0.2, -0.15) is 0 Å². The maximum Gasteiger partial charge on any atom is 0.244 e. The lowest BCUT2D eigenvalue weighted by Gasteiger charge is -2.24. The van der Waals surface area contributed by atoms with E-state index < -0.39 is 5.54 Å². The Kier molecular flexibility index (Phi) is 4.12. The quantitative estimate of drug-likeness (QED) is 0.701. The lowest BCUT2D eigenvalue weighted by Crippen LogP contribution is -2.49. The number of carbonyl (C=O) groups excluding carboxylic acids is 1. The van der Waals surface area contributed by atoms with Crippen molar-refractivity contribution in [3.63, 3.8) is 0 Å². The average molecular weight is 236 g/mol. The molecule has 0 bridgehead atoms. The van der Waals surface area contributed by atoms with Crippen molar-refractivity contribution in [3.05, 3.63) is 23.8 Å². The Morgan fingerprint density at radius 2 is 2.06 bits per heavy atom. The molecule has 0 unspecified atom stereocenters. The second kappa shape index (κ2) is 5.19. The highest BCUT2D eigenvalue weighted by molar-refractivity contribution is 5.98. The van der Waals surface area contributed by atoms with Gasteiger partial charge in [0.05, 0.1) is 11.2 Å². The summed E-state index contributed by atoms with van der Waals surface area (Å²) in [5.74, 6) is -0.0866. The topological polar surface area (TPSA) is 61.4 Å². The lowest BCUT2D eigenvalue weighted by atomic mass is 10.0. The van der Waals surface area contributed by atoms with Crippen molar-refractivity contribution in [3.8, 4) is 5.75 Å². The van der Waals surface area contributed by atoms with Crippen LogP contribution in [-0.2, 0) is 4.79 Å². The van der Waals surface area contributed by atoms with Gasteiger partial charge < -0.3 is 15.7 Å². The molecule has 1 aromatic carbocycles. The summed E-state index contributed by atoms with van der Waals surface area (Å²) in [5, 5.41) is 15.5. The molecule has 0 spiro atoms. The Labute approximate surface area is 102 Å². The van der Waals surface area contributed by atoms with Crippen LogP contribution in [0.3, 0.4) is 0 Å². The predicted molar refractivity (Wildman–Crippen MR) is 69.2 cm³/mol. The van der Waals surface area contributed by atoms with Crippen LogP contribution in [0.25, 0.3) is 0 Å². The number of likely N-dealkylation sites (N-methyl/N-ethyl adjacent to an activating group) is 1. The zero-order valence-electron chi connectivity index (χ0n) is 10.8. The van der Waals surface area contributed by atoms with Gasteiger partial charge >= 0.3 is 0 Å². The van der Waals surface area contributed by atoms with Crippen molar-refractivity contribution in [2.24, 2.45) is 0 Å². The van der Waals surface area contributed by atoms with E-state index in [1.807, 2.05) is 13.8 Å². The highest BCUT2D eigenvalue weighted by Gasteiger charge is 2.26. The third kappa shape index (κ3) is 3.46. The molecule has 0 aliphatic carbocycles. The number of carbonyl (C=O) groups is 1. The van der Waals surface area contributed by atoms with E-state index in [-0.39, 0.29) is 11.7 Å². The van der Waals surface area contributed by atoms with Gasteiger partial charge in [0.15, 0.2) is 0 Å². The lowest BCUT2D eigenvalue weighted by molar-refractivity contribution is -0.121. The van der Waals surface area contributed by atoms with Crippen LogP contribution in [0.1, 0.15) is 26.3 Å². The van der Waals surface area contributed by atoms with Gasteiger partial charge in [-0.1, -0.05) is 13.0 Å². The summed E-state index contributed by atoms with van der Waals surface area (Å²) in [4.78, 5) is 12.0. The normalized spacial score (nSPS) is 11.3. The van der Waals surface area contributed by atoms with Gasteiger partial charge in [-0.05, 0) is 45.0 Å². The molecule has 0 saturated heterocycles. The van der Waals surface area contributed by atoms with E-state index in [4.69, 9.17) is 0 Å². The molecule has 17 heavy (non-hydrogen) atoms. The largest absolute Gasteiger partial charge is 0.506 e. The highest BCUT2D eigenvalue weighted by Crippen LogP contribution is 2.24. The van der Waals surface area contributed by atoms with Crippen molar-refractivity contribution in [2.75, 3.05) is 11.9 Å². The fraction of sp³-hybridized carbons (Fsp3) is 0.462. The number of aromatic hydroxyl groups is 1. The molecule has 0 aromatic heterocycles. The summed E-state index contributed by atoms with van der Waals surface area (Å²) < 4.78 is 0. The summed E-state index contributed by atoms with van der Waals surface area (Å²) in [5.41, 5.74) is 0.769. The smallest absolute Gasteiger partial charge is 0.244 e. The van der Waals surface area contributed by atoms with Gasteiger partial charge in [-0.15, -0.1) is 0 Å². The van der Waals surface area contributed by atoms with E-state index in [0.717, 1.165) is 5.56 Å². The molecule has 1 amide bonds. The number of phenolic OH excluding ortho intramolecular Hbond substituents is 1. The number of hydrogen-bond donors (Lipinski definition) is 3. The number of anilines is 1. The van der Waals surface area contributed by atoms with Gasteiger partial charge in [0, 0.05) is 0 Å². The van der Waals surface area contributed by atoms with Gasteiger partial charge in [-0.25, -0.2) is 0 Å². The van der Waals surface area contributed by atoms with Gasteiger partial charge in [-0.3, -0.25) is 4.79 Å². The predicted octanol–water partition coefficient (Wildman–Crippen LogP) is 2.03. The van der Waals surface area contributed by atoms with Gasteiger partial charge in [0.25, 0.3) is 0 Å². The Morgan fingerprint density at radius 1 is 1.41 bits per heavy atom. The molecule has 0 aliphatic heterocycles. The van der Waals surface area contributed by atoms with Gasteiger partial charge in [0.1, 0.15) is 5.75 Å². The number of aryl methyl sites for hydroxylation is 1. The molecule has 1 rings (SSSR count). The fourth-order valence-corrected chi connectivity index (χ4v) is 1.55. The Hall–Kier alpha value is -1.55. The van der Waals surface area contributed by atoms with E-state index in [2.05, 4.69) is 10.6 Å². The average Bonchev–Trinajstić information content (AvgIpc) is 2.23. The SMILES string of the molecule is CCNC(C)(C)C(=O)Nc1cc(C)ccc1O. The number of benzene rings is 1. The molecule has 1 aromatic rings. The summed E-state index contributed by atoms with van der Waals surface area (Å²) in [6, 6.07) is 5.11.